The summed E-state index contributed by atoms with van der Waals surface area (Å²) in [5, 5.41) is 2.91. The summed E-state index contributed by atoms with van der Waals surface area (Å²) < 4.78 is 5.34. The van der Waals surface area contributed by atoms with E-state index >= 15 is 0 Å². The number of carbonyl (C=O) groups excluding carboxylic acids is 2. The molecule has 0 unspecified atom stereocenters. The first-order valence-corrected chi connectivity index (χ1v) is 8.54. The fraction of sp³-hybridized carbons (Fsp3) is 0.846. The summed E-state index contributed by atoms with van der Waals surface area (Å²) in [6.45, 7) is 6.82. The first kappa shape index (κ1) is 16.0. The van der Waals surface area contributed by atoms with Gasteiger partial charge in [-0.05, 0) is 40.0 Å². The van der Waals surface area contributed by atoms with Gasteiger partial charge in [0.2, 0.25) is 5.91 Å². The molecule has 5 nitrogen and oxygen atoms in total. The van der Waals surface area contributed by atoms with Crippen molar-refractivity contribution in [3.05, 3.63) is 0 Å². The molecule has 6 heteroatoms. The summed E-state index contributed by atoms with van der Waals surface area (Å²) >= 11 is 0. The van der Waals surface area contributed by atoms with E-state index in [1.54, 1.807) is 4.90 Å². The van der Waals surface area contributed by atoms with Crippen LogP contribution in [0, 0.1) is 0 Å². The zero-order chi connectivity index (χ0) is 14.5. The molecule has 2 amide bonds. The third kappa shape index (κ3) is 5.22. The molecule has 19 heavy (non-hydrogen) atoms. The molecule has 1 N–H and O–H groups in total. The van der Waals surface area contributed by atoms with Crippen LogP contribution in [-0.4, -0.2) is 51.9 Å². The van der Waals surface area contributed by atoms with Crippen molar-refractivity contribution < 1.29 is 14.3 Å². The predicted octanol–water partition coefficient (Wildman–Crippen LogP) is 0.676. The van der Waals surface area contributed by atoms with Crippen molar-refractivity contribution in [1.29, 1.82) is 0 Å². The van der Waals surface area contributed by atoms with Crippen LogP contribution < -0.4 is 5.32 Å². The summed E-state index contributed by atoms with van der Waals surface area (Å²) in [4.78, 5) is 25.6. The van der Waals surface area contributed by atoms with Crippen molar-refractivity contribution in [1.82, 2.24) is 10.2 Å². The van der Waals surface area contributed by atoms with Gasteiger partial charge in [-0.3, -0.25) is 9.69 Å². The van der Waals surface area contributed by atoms with Crippen molar-refractivity contribution in [3.63, 3.8) is 0 Å². The van der Waals surface area contributed by atoms with E-state index in [1.165, 1.54) is 6.04 Å². The minimum atomic E-state index is -0.520. The van der Waals surface area contributed by atoms with Gasteiger partial charge < -0.3 is 10.1 Å². The molecule has 0 aromatic rings. The highest BCUT2D eigenvalue weighted by Gasteiger charge is 2.36. The average Bonchev–Trinajstić information content (AvgIpc) is 2.75. The predicted molar refractivity (Wildman–Crippen MR) is 78.3 cm³/mol. The molecule has 0 spiro atoms. The van der Waals surface area contributed by atoms with Gasteiger partial charge in [0.05, 0.1) is 0 Å². The van der Waals surface area contributed by atoms with E-state index in [0.29, 0.717) is 13.1 Å². The Morgan fingerprint density at radius 1 is 1.42 bits per heavy atom. The molecular weight excluding hydrogens is 260 g/mol. The summed E-state index contributed by atoms with van der Waals surface area (Å²) in [5.74, 6) is -0.0431. The molecule has 0 aliphatic carbocycles. The van der Waals surface area contributed by atoms with E-state index in [1.807, 2.05) is 20.8 Å². The summed E-state index contributed by atoms with van der Waals surface area (Å²) in [7, 11) is 1.16. The number of ether oxygens (including phenoxy) is 1. The van der Waals surface area contributed by atoms with Crippen LogP contribution >= 0.6 is 0 Å². The maximum atomic E-state index is 12.1. The molecule has 0 aromatic carbocycles. The number of nitrogens with one attached hydrogen (secondary N) is 1. The van der Waals surface area contributed by atoms with Gasteiger partial charge in [0.1, 0.15) is 11.6 Å². The molecule has 1 atom stereocenters. The fourth-order valence-corrected chi connectivity index (χ4v) is 2.44. The largest absolute Gasteiger partial charge is 0.444 e. The Hall–Kier alpha value is -1.04. The molecule has 1 saturated heterocycles. The number of carbonyl (C=O) groups is 2. The monoisotopic (exact) mass is 286 g/mol. The molecule has 0 saturated carbocycles. The van der Waals surface area contributed by atoms with Crippen LogP contribution in [0.1, 0.15) is 40.0 Å². The number of rotatable bonds is 4. The van der Waals surface area contributed by atoms with Gasteiger partial charge in [-0.25, -0.2) is 4.79 Å². The number of hydrogen-bond acceptors (Lipinski definition) is 3. The smallest absolute Gasteiger partial charge is 0.410 e. The molecule has 110 valence electrons. The van der Waals surface area contributed by atoms with Crippen molar-refractivity contribution in [3.8, 4) is 0 Å². The topological polar surface area (TPSA) is 58.6 Å². The van der Waals surface area contributed by atoms with Gasteiger partial charge in [0, 0.05) is 23.3 Å². The lowest BCUT2D eigenvalue weighted by Gasteiger charge is -2.28. The summed E-state index contributed by atoms with van der Waals surface area (Å²) in [6.07, 6.45) is 2.23. The second-order valence-corrected chi connectivity index (χ2v) is 6.98. The van der Waals surface area contributed by atoms with Crippen LogP contribution in [0.3, 0.4) is 0 Å². The van der Waals surface area contributed by atoms with E-state index in [9.17, 15) is 9.59 Å². The number of nitrogens with zero attached hydrogens (tertiary/aromatic N) is 1. The number of likely N-dealkylation sites (tertiary alicyclic amines) is 1. The normalized spacial score (nSPS) is 19.5. The molecule has 1 fully saturated rings. The quantitative estimate of drug-likeness (QED) is 0.610. The fourth-order valence-electron chi connectivity index (χ4n) is 2.08. The molecule has 0 radical (unpaired) electrons. The zero-order valence-electron chi connectivity index (χ0n) is 12.5. The Morgan fingerprint density at radius 2 is 2.11 bits per heavy atom. The summed E-state index contributed by atoms with van der Waals surface area (Å²) in [6, 6.07) is 0.824. The van der Waals surface area contributed by atoms with Crippen LogP contribution in [-0.2, 0) is 9.53 Å². The van der Waals surface area contributed by atoms with Crippen molar-refractivity contribution >= 4 is 22.2 Å². The Bertz CT molecular complexity index is 328. The lowest BCUT2D eigenvalue weighted by molar-refractivity contribution is -0.125. The first-order valence-electron chi connectivity index (χ1n) is 7.12. The SMILES string of the molecule is CC(C)(C)OC(=O)N1CCC[C@H]1C(=O)NCCC[SiH3]. The standard InChI is InChI=1S/C13H26N2O3Si/c1-13(2,3)18-12(17)15-8-4-6-10(15)11(16)14-7-5-9-19/h10H,4-9H2,1-3,19H3,(H,14,16)/t10-/m0/s1. The molecule has 0 bridgehead atoms. The molecule has 1 rings (SSSR count). The van der Waals surface area contributed by atoms with Crippen LogP contribution in [0.25, 0.3) is 0 Å². The van der Waals surface area contributed by atoms with Crippen molar-refractivity contribution in [2.75, 3.05) is 13.1 Å². The molecular formula is C13H26N2O3Si. The lowest BCUT2D eigenvalue weighted by atomic mass is 10.2. The maximum absolute atomic E-state index is 12.1. The minimum absolute atomic E-state index is 0.0431. The molecule has 1 aliphatic heterocycles. The highest BCUT2D eigenvalue weighted by Crippen LogP contribution is 2.20. The van der Waals surface area contributed by atoms with E-state index in [4.69, 9.17) is 4.74 Å². The second kappa shape index (κ2) is 6.93. The van der Waals surface area contributed by atoms with Gasteiger partial charge in [0.15, 0.2) is 0 Å². The summed E-state index contributed by atoms with van der Waals surface area (Å²) in [5.41, 5.74) is -0.520. The Balaban J connectivity index is 2.53. The van der Waals surface area contributed by atoms with Crippen LogP contribution in [0.4, 0.5) is 4.79 Å². The number of hydrogen-bond donors (Lipinski definition) is 1. The minimum Gasteiger partial charge on any atom is -0.444 e. The molecule has 1 aliphatic rings. The number of amides is 2. The molecule has 1 heterocycles. The van der Waals surface area contributed by atoms with Crippen molar-refractivity contribution in [2.45, 2.75) is 57.7 Å². The Labute approximate surface area is 118 Å². The van der Waals surface area contributed by atoms with Crippen LogP contribution in [0.5, 0.6) is 0 Å². The van der Waals surface area contributed by atoms with E-state index in [2.05, 4.69) is 5.32 Å². The highest BCUT2D eigenvalue weighted by atomic mass is 28.1. The van der Waals surface area contributed by atoms with E-state index in [-0.39, 0.29) is 18.0 Å². The van der Waals surface area contributed by atoms with Gasteiger partial charge in [-0.2, -0.15) is 0 Å². The van der Waals surface area contributed by atoms with E-state index < -0.39 is 5.60 Å². The second-order valence-electron chi connectivity index (χ2n) is 5.98. The lowest BCUT2D eigenvalue weighted by Crippen LogP contribution is -2.47. The van der Waals surface area contributed by atoms with Crippen molar-refractivity contribution in [2.24, 2.45) is 0 Å². The Morgan fingerprint density at radius 3 is 2.68 bits per heavy atom. The molecule has 0 aromatic heterocycles. The van der Waals surface area contributed by atoms with Gasteiger partial charge >= 0.3 is 6.09 Å². The van der Waals surface area contributed by atoms with Gasteiger partial charge in [-0.15, -0.1) is 0 Å². The maximum Gasteiger partial charge on any atom is 0.410 e. The van der Waals surface area contributed by atoms with E-state index in [0.717, 1.165) is 29.5 Å². The van der Waals surface area contributed by atoms with Crippen LogP contribution in [0.2, 0.25) is 6.04 Å². The first-order chi connectivity index (χ1) is 8.85. The zero-order valence-corrected chi connectivity index (χ0v) is 14.5. The van der Waals surface area contributed by atoms with Gasteiger partial charge in [0.25, 0.3) is 0 Å². The van der Waals surface area contributed by atoms with Gasteiger partial charge in [-0.1, -0.05) is 6.04 Å². The third-order valence-electron chi connectivity index (χ3n) is 3.01. The third-order valence-corrected chi connectivity index (χ3v) is 3.72. The highest BCUT2D eigenvalue weighted by molar-refractivity contribution is 6.08. The van der Waals surface area contributed by atoms with Crippen LogP contribution in [0.15, 0.2) is 0 Å². The average molecular weight is 286 g/mol. The Kier molecular flexibility index (Phi) is 5.84.